The van der Waals surface area contributed by atoms with E-state index in [0.717, 1.165) is 46.6 Å². The van der Waals surface area contributed by atoms with Crippen molar-refractivity contribution in [3.63, 3.8) is 0 Å². The predicted octanol–water partition coefficient (Wildman–Crippen LogP) is 5.84. The summed E-state index contributed by atoms with van der Waals surface area (Å²) in [6, 6.07) is 22.4. The van der Waals surface area contributed by atoms with Crippen molar-refractivity contribution < 1.29 is 19.4 Å². The molecule has 0 spiro atoms. The van der Waals surface area contributed by atoms with Crippen molar-refractivity contribution in [3.8, 4) is 22.6 Å². The highest BCUT2D eigenvalue weighted by atomic mass is 16.5. The van der Waals surface area contributed by atoms with Crippen LogP contribution in [-0.4, -0.2) is 17.7 Å². The molecule has 0 bridgehead atoms. The van der Waals surface area contributed by atoms with Gasteiger partial charge in [0.15, 0.2) is 0 Å². The Morgan fingerprint density at radius 3 is 2.60 bits per heavy atom. The van der Waals surface area contributed by atoms with E-state index >= 15 is 0 Å². The summed E-state index contributed by atoms with van der Waals surface area (Å²) in [6.45, 7) is 3.12. The van der Waals surface area contributed by atoms with Crippen molar-refractivity contribution in [2.45, 2.75) is 38.7 Å². The Labute approximate surface area is 177 Å². The Bertz CT molecular complexity index is 1020. The van der Waals surface area contributed by atoms with Gasteiger partial charge in [-0.05, 0) is 66.1 Å². The zero-order valence-corrected chi connectivity index (χ0v) is 17.1. The third-order valence-electron chi connectivity index (χ3n) is 5.59. The maximum atomic E-state index is 11.0. The number of aliphatic carboxylic acids is 1. The molecule has 3 aromatic rings. The fourth-order valence-corrected chi connectivity index (χ4v) is 4.13. The third kappa shape index (κ3) is 4.48. The maximum Gasteiger partial charge on any atom is 0.303 e. The van der Waals surface area contributed by atoms with Gasteiger partial charge in [-0.1, -0.05) is 48.5 Å². The zero-order valence-electron chi connectivity index (χ0n) is 17.1. The number of ether oxygens (including phenoxy) is 2. The van der Waals surface area contributed by atoms with E-state index in [-0.39, 0.29) is 12.3 Å². The average Bonchev–Trinajstić information content (AvgIpc) is 3.15. The van der Waals surface area contributed by atoms with Crippen molar-refractivity contribution in [1.82, 2.24) is 0 Å². The van der Waals surface area contributed by atoms with Crippen LogP contribution in [0.5, 0.6) is 11.5 Å². The molecule has 0 aliphatic heterocycles. The number of rotatable bonds is 8. The molecule has 0 heterocycles. The molecule has 4 rings (SSSR count). The number of hydrogen-bond acceptors (Lipinski definition) is 3. The lowest BCUT2D eigenvalue weighted by atomic mass is 9.98. The first-order valence-electron chi connectivity index (χ1n) is 10.4. The molecule has 154 valence electrons. The number of hydrogen-bond donors (Lipinski definition) is 1. The number of carbonyl (C=O) groups is 1. The van der Waals surface area contributed by atoms with Gasteiger partial charge in [0, 0.05) is 5.56 Å². The predicted molar refractivity (Wildman–Crippen MR) is 117 cm³/mol. The fourth-order valence-electron chi connectivity index (χ4n) is 4.13. The van der Waals surface area contributed by atoms with E-state index < -0.39 is 5.97 Å². The average molecular weight is 402 g/mol. The lowest BCUT2D eigenvalue weighted by Crippen LogP contribution is -2.03. The summed E-state index contributed by atoms with van der Waals surface area (Å²) >= 11 is 0. The van der Waals surface area contributed by atoms with Gasteiger partial charge in [-0.2, -0.15) is 0 Å². The minimum atomic E-state index is -0.736. The SMILES string of the molecule is CCOc1ccccc1-c1ccc(COc2ccc3c(c2)CCC3CC(=O)O)cc1. The summed E-state index contributed by atoms with van der Waals surface area (Å²) in [5, 5.41) is 9.07. The second kappa shape index (κ2) is 9.04. The van der Waals surface area contributed by atoms with Crippen LogP contribution < -0.4 is 9.47 Å². The maximum absolute atomic E-state index is 11.0. The molecule has 1 aliphatic carbocycles. The van der Waals surface area contributed by atoms with Crippen LogP contribution in [-0.2, 0) is 17.8 Å². The highest BCUT2D eigenvalue weighted by Crippen LogP contribution is 2.37. The zero-order chi connectivity index (χ0) is 20.9. The van der Waals surface area contributed by atoms with Gasteiger partial charge in [-0.25, -0.2) is 0 Å². The van der Waals surface area contributed by atoms with E-state index in [2.05, 4.69) is 36.4 Å². The number of para-hydroxylation sites is 1. The van der Waals surface area contributed by atoms with Crippen molar-refractivity contribution >= 4 is 5.97 Å². The van der Waals surface area contributed by atoms with Crippen molar-refractivity contribution in [3.05, 3.63) is 83.4 Å². The van der Waals surface area contributed by atoms with Crippen molar-refractivity contribution in [2.75, 3.05) is 6.61 Å². The molecule has 0 saturated heterocycles. The Morgan fingerprint density at radius 2 is 1.83 bits per heavy atom. The molecule has 0 radical (unpaired) electrons. The Hall–Kier alpha value is -3.27. The first-order chi connectivity index (χ1) is 14.6. The van der Waals surface area contributed by atoms with E-state index in [1.165, 1.54) is 5.56 Å². The molecule has 1 aliphatic rings. The smallest absolute Gasteiger partial charge is 0.303 e. The van der Waals surface area contributed by atoms with Gasteiger partial charge in [-0.15, -0.1) is 0 Å². The summed E-state index contributed by atoms with van der Waals surface area (Å²) in [7, 11) is 0. The number of benzene rings is 3. The summed E-state index contributed by atoms with van der Waals surface area (Å²) in [4.78, 5) is 11.0. The highest BCUT2D eigenvalue weighted by molar-refractivity contribution is 5.70. The molecule has 0 aromatic heterocycles. The lowest BCUT2D eigenvalue weighted by molar-refractivity contribution is -0.137. The van der Waals surface area contributed by atoms with Crippen molar-refractivity contribution in [2.24, 2.45) is 0 Å². The first-order valence-corrected chi connectivity index (χ1v) is 10.4. The van der Waals surface area contributed by atoms with Crippen LogP contribution in [0, 0.1) is 0 Å². The monoisotopic (exact) mass is 402 g/mol. The van der Waals surface area contributed by atoms with Gasteiger partial charge in [0.2, 0.25) is 0 Å². The molecule has 1 N–H and O–H groups in total. The molecule has 0 fully saturated rings. The van der Waals surface area contributed by atoms with Crippen LogP contribution in [0.2, 0.25) is 0 Å². The molecule has 30 heavy (non-hydrogen) atoms. The standard InChI is InChI=1S/C26H26O4/c1-2-29-25-6-4-3-5-24(25)19-9-7-18(8-10-19)17-30-22-13-14-23-20(15-22)11-12-21(23)16-26(27)28/h3-10,13-15,21H,2,11-12,16-17H2,1H3,(H,27,28). The summed E-state index contributed by atoms with van der Waals surface area (Å²) in [5.74, 6) is 1.11. The van der Waals surface area contributed by atoms with Gasteiger partial charge in [0.1, 0.15) is 18.1 Å². The van der Waals surface area contributed by atoms with Crippen LogP contribution in [0.15, 0.2) is 66.7 Å². The molecule has 0 amide bonds. The molecule has 3 aromatic carbocycles. The quantitative estimate of drug-likeness (QED) is 0.515. The van der Waals surface area contributed by atoms with E-state index in [4.69, 9.17) is 14.6 Å². The Balaban J connectivity index is 1.41. The molecular weight excluding hydrogens is 376 g/mol. The van der Waals surface area contributed by atoms with Crippen LogP contribution in [0.4, 0.5) is 0 Å². The number of carboxylic acid groups (broad SMARTS) is 1. The fraction of sp³-hybridized carbons (Fsp3) is 0.269. The third-order valence-corrected chi connectivity index (χ3v) is 5.59. The topological polar surface area (TPSA) is 55.8 Å². The highest BCUT2D eigenvalue weighted by Gasteiger charge is 2.24. The second-order valence-corrected chi connectivity index (χ2v) is 7.61. The van der Waals surface area contributed by atoms with Gasteiger partial charge in [0.25, 0.3) is 0 Å². The van der Waals surface area contributed by atoms with E-state index in [1.54, 1.807) is 0 Å². The van der Waals surface area contributed by atoms with E-state index in [0.29, 0.717) is 13.2 Å². The number of fused-ring (bicyclic) bond motifs is 1. The molecule has 1 atom stereocenters. The Morgan fingerprint density at radius 1 is 1.03 bits per heavy atom. The van der Waals surface area contributed by atoms with E-state index in [1.807, 2.05) is 37.3 Å². The lowest BCUT2D eigenvalue weighted by Gasteiger charge is -2.12. The van der Waals surface area contributed by atoms with Crippen LogP contribution in [0.25, 0.3) is 11.1 Å². The molecule has 0 saturated carbocycles. The normalized spacial score (nSPS) is 14.9. The molecule has 1 unspecified atom stereocenters. The van der Waals surface area contributed by atoms with Gasteiger partial charge < -0.3 is 14.6 Å². The Kier molecular flexibility index (Phi) is 6.03. The minimum Gasteiger partial charge on any atom is -0.493 e. The van der Waals surface area contributed by atoms with Gasteiger partial charge >= 0.3 is 5.97 Å². The van der Waals surface area contributed by atoms with Crippen LogP contribution >= 0.6 is 0 Å². The molecule has 4 nitrogen and oxygen atoms in total. The summed E-state index contributed by atoms with van der Waals surface area (Å²) in [6.07, 6.45) is 2.01. The van der Waals surface area contributed by atoms with Crippen LogP contribution in [0.1, 0.15) is 42.4 Å². The van der Waals surface area contributed by atoms with E-state index in [9.17, 15) is 4.79 Å². The first kappa shape index (κ1) is 20.0. The van der Waals surface area contributed by atoms with Gasteiger partial charge in [-0.3, -0.25) is 4.79 Å². The largest absolute Gasteiger partial charge is 0.493 e. The number of carboxylic acids is 1. The van der Waals surface area contributed by atoms with Gasteiger partial charge in [0.05, 0.1) is 13.0 Å². The molecule has 4 heteroatoms. The van der Waals surface area contributed by atoms with Crippen LogP contribution in [0.3, 0.4) is 0 Å². The number of aryl methyl sites for hydroxylation is 1. The summed E-state index contributed by atoms with van der Waals surface area (Å²) < 4.78 is 11.7. The van der Waals surface area contributed by atoms with Crippen molar-refractivity contribution in [1.29, 1.82) is 0 Å². The molecular formula is C26H26O4. The second-order valence-electron chi connectivity index (χ2n) is 7.61. The minimum absolute atomic E-state index is 0.124. The summed E-state index contributed by atoms with van der Waals surface area (Å²) in [5.41, 5.74) is 5.66.